The van der Waals surface area contributed by atoms with E-state index in [1.165, 1.54) is 0 Å². The summed E-state index contributed by atoms with van der Waals surface area (Å²) in [5.74, 6) is -0.150. The second-order valence-electron chi connectivity index (χ2n) is 5.10. The van der Waals surface area contributed by atoms with Crippen molar-refractivity contribution in [1.82, 2.24) is 10.3 Å². The first-order valence-electron chi connectivity index (χ1n) is 7.11. The molecule has 2 N–H and O–H groups in total. The van der Waals surface area contributed by atoms with Crippen LogP contribution in [0.15, 0.2) is 47.5 Å². The number of hydrogen-bond donors (Lipinski definition) is 2. The predicted molar refractivity (Wildman–Crippen MR) is 92.5 cm³/mol. The van der Waals surface area contributed by atoms with Crippen LogP contribution in [0.2, 0.25) is 0 Å². The number of aryl methyl sites for hydroxylation is 1. The predicted octanol–water partition coefficient (Wildman–Crippen LogP) is 2.97. The van der Waals surface area contributed by atoms with E-state index in [-0.39, 0.29) is 11.1 Å². The molecule has 0 atom stereocenters. The van der Waals surface area contributed by atoms with Crippen LogP contribution in [0.25, 0.3) is 6.08 Å². The van der Waals surface area contributed by atoms with Crippen LogP contribution in [0.5, 0.6) is 0 Å². The van der Waals surface area contributed by atoms with Crippen LogP contribution in [0.1, 0.15) is 21.5 Å². The Morgan fingerprint density at radius 3 is 2.58 bits per heavy atom. The number of thioether (sulfide) groups is 1. The Kier molecular flexibility index (Phi) is 4.43. The zero-order chi connectivity index (χ0) is 17.1. The quantitative estimate of drug-likeness (QED) is 0.839. The number of pyridine rings is 1. The summed E-state index contributed by atoms with van der Waals surface area (Å²) in [6.45, 7) is 1.86. The molecule has 2 heterocycles. The minimum absolute atomic E-state index is 0.265. The van der Waals surface area contributed by atoms with E-state index >= 15 is 0 Å². The zero-order valence-electron chi connectivity index (χ0n) is 12.7. The molecule has 0 unspecified atom stereocenters. The summed E-state index contributed by atoms with van der Waals surface area (Å²) in [4.78, 5) is 39.3. The van der Waals surface area contributed by atoms with Crippen molar-refractivity contribution in [3.8, 4) is 0 Å². The normalized spacial score (nSPS) is 15.5. The highest BCUT2D eigenvalue weighted by Gasteiger charge is 2.24. The van der Waals surface area contributed by atoms with Gasteiger partial charge in [0.15, 0.2) is 0 Å². The molecule has 24 heavy (non-hydrogen) atoms. The van der Waals surface area contributed by atoms with Gasteiger partial charge >= 0.3 is 0 Å². The molecular weight excluding hydrogens is 326 g/mol. The molecule has 3 amide bonds. The van der Waals surface area contributed by atoms with Gasteiger partial charge in [0.1, 0.15) is 5.82 Å². The molecule has 0 bridgehead atoms. The molecule has 6 nitrogen and oxygen atoms in total. The highest BCUT2D eigenvalue weighted by Crippen LogP contribution is 2.25. The SMILES string of the molecule is Cc1cccnc1NC(=O)c1ccc(C=C2SC(=O)NC2=O)cc1. The van der Waals surface area contributed by atoms with Crippen LogP contribution in [0.3, 0.4) is 0 Å². The Morgan fingerprint density at radius 1 is 1.21 bits per heavy atom. The highest BCUT2D eigenvalue weighted by molar-refractivity contribution is 8.18. The van der Waals surface area contributed by atoms with Gasteiger partial charge in [-0.15, -0.1) is 0 Å². The second kappa shape index (κ2) is 6.67. The Bertz CT molecular complexity index is 860. The molecule has 2 aromatic rings. The summed E-state index contributed by atoms with van der Waals surface area (Å²) in [5, 5.41) is 4.57. The van der Waals surface area contributed by atoms with Crippen LogP contribution in [0.4, 0.5) is 10.6 Å². The number of carbonyl (C=O) groups excluding carboxylic acids is 3. The van der Waals surface area contributed by atoms with E-state index in [0.717, 1.165) is 22.9 Å². The van der Waals surface area contributed by atoms with Crippen LogP contribution in [-0.4, -0.2) is 22.0 Å². The van der Waals surface area contributed by atoms with Gasteiger partial charge < -0.3 is 5.32 Å². The first-order valence-corrected chi connectivity index (χ1v) is 7.92. The fraction of sp³-hybridized carbons (Fsp3) is 0.0588. The van der Waals surface area contributed by atoms with Gasteiger partial charge in [-0.25, -0.2) is 4.98 Å². The Morgan fingerprint density at radius 2 is 1.96 bits per heavy atom. The molecule has 0 spiro atoms. The van der Waals surface area contributed by atoms with E-state index in [1.807, 2.05) is 13.0 Å². The minimum atomic E-state index is -0.405. The van der Waals surface area contributed by atoms with Crippen LogP contribution in [0, 0.1) is 6.92 Å². The van der Waals surface area contributed by atoms with E-state index in [4.69, 9.17) is 0 Å². The minimum Gasteiger partial charge on any atom is -0.306 e. The van der Waals surface area contributed by atoms with E-state index < -0.39 is 5.91 Å². The molecule has 1 aromatic carbocycles. The number of benzene rings is 1. The van der Waals surface area contributed by atoms with E-state index in [9.17, 15) is 14.4 Å². The van der Waals surface area contributed by atoms with Crippen molar-refractivity contribution in [2.24, 2.45) is 0 Å². The molecule has 0 aliphatic carbocycles. The van der Waals surface area contributed by atoms with Gasteiger partial charge in [-0.1, -0.05) is 18.2 Å². The van der Waals surface area contributed by atoms with Crippen molar-refractivity contribution in [3.05, 3.63) is 64.2 Å². The summed E-state index contributed by atoms with van der Waals surface area (Å²) in [6.07, 6.45) is 3.22. The zero-order valence-corrected chi connectivity index (χ0v) is 13.5. The Balaban J connectivity index is 1.74. The molecule has 3 rings (SSSR count). The molecule has 1 aliphatic heterocycles. The second-order valence-corrected chi connectivity index (χ2v) is 6.11. The lowest BCUT2D eigenvalue weighted by Crippen LogP contribution is -2.17. The third kappa shape index (κ3) is 3.52. The van der Waals surface area contributed by atoms with Gasteiger partial charge in [0, 0.05) is 11.8 Å². The molecule has 0 saturated carbocycles. The molecular formula is C17H13N3O3S. The van der Waals surface area contributed by atoms with Crippen LogP contribution in [-0.2, 0) is 4.79 Å². The highest BCUT2D eigenvalue weighted by atomic mass is 32.2. The van der Waals surface area contributed by atoms with Gasteiger partial charge in [-0.2, -0.15) is 0 Å². The summed E-state index contributed by atoms with van der Waals surface area (Å²) < 4.78 is 0. The van der Waals surface area contributed by atoms with Crippen molar-refractivity contribution in [2.45, 2.75) is 6.92 Å². The molecule has 1 aliphatic rings. The van der Waals surface area contributed by atoms with E-state index in [2.05, 4.69) is 15.6 Å². The van der Waals surface area contributed by atoms with Crippen molar-refractivity contribution in [1.29, 1.82) is 0 Å². The molecule has 0 radical (unpaired) electrons. The summed E-state index contributed by atoms with van der Waals surface area (Å²) in [7, 11) is 0. The lowest BCUT2D eigenvalue weighted by atomic mass is 10.1. The summed E-state index contributed by atoms with van der Waals surface area (Å²) in [6, 6.07) is 10.4. The van der Waals surface area contributed by atoms with Crippen molar-refractivity contribution in [2.75, 3.05) is 5.32 Å². The number of carbonyl (C=O) groups is 3. The third-order valence-electron chi connectivity index (χ3n) is 3.35. The smallest absolute Gasteiger partial charge is 0.290 e. The van der Waals surface area contributed by atoms with Crippen LogP contribution < -0.4 is 10.6 Å². The monoisotopic (exact) mass is 339 g/mol. The average Bonchev–Trinajstić information content (AvgIpc) is 2.88. The molecule has 7 heteroatoms. The van der Waals surface area contributed by atoms with Crippen LogP contribution >= 0.6 is 11.8 Å². The number of aromatic nitrogens is 1. The first-order chi connectivity index (χ1) is 11.5. The van der Waals surface area contributed by atoms with E-state index in [1.54, 1.807) is 42.6 Å². The molecule has 1 aromatic heterocycles. The van der Waals surface area contributed by atoms with Gasteiger partial charge in [-0.05, 0) is 54.1 Å². The van der Waals surface area contributed by atoms with E-state index in [0.29, 0.717) is 16.3 Å². The fourth-order valence-corrected chi connectivity index (χ4v) is 2.78. The maximum absolute atomic E-state index is 12.2. The maximum atomic E-state index is 12.2. The van der Waals surface area contributed by atoms with Crippen molar-refractivity contribution in [3.63, 3.8) is 0 Å². The Labute approximate surface area is 142 Å². The maximum Gasteiger partial charge on any atom is 0.290 e. The molecule has 1 fully saturated rings. The number of hydrogen-bond acceptors (Lipinski definition) is 5. The lowest BCUT2D eigenvalue weighted by Gasteiger charge is -2.07. The Hall–Kier alpha value is -2.93. The number of imide groups is 1. The third-order valence-corrected chi connectivity index (χ3v) is 4.16. The number of nitrogens with one attached hydrogen (secondary N) is 2. The molecule has 120 valence electrons. The fourth-order valence-electron chi connectivity index (χ4n) is 2.10. The standard InChI is InChI=1S/C17H13N3O3S/c1-10-3-2-8-18-14(10)19-15(21)12-6-4-11(5-7-12)9-13-16(22)20-17(23)24-13/h2-9H,1H3,(H,18,19,21)(H,20,22,23). The number of amides is 3. The first kappa shape index (κ1) is 15.9. The largest absolute Gasteiger partial charge is 0.306 e. The number of nitrogens with zero attached hydrogens (tertiary/aromatic N) is 1. The molecule has 1 saturated heterocycles. The van der Waals surface area contributed by atoms with Gasteiger partial charge in [-0.3, -0.25) is 19.7 Å². The number of rotatable bonds is 3. The average molecular weight is 339 g/mol. The topological polar surface area (TPSA) is 88.2 Å². The number of anilines is 1. The summed E-state index contributed by atoms with van der Waals surface area (Å²) in [5.41, 5.74) is 2.08. The van der Waals surface area contributed by atoms with Gasteiger partial charge in [0.05, 0.1) is 4.91 Å². The summed E-state index contributed by atoms with van der Waals surface area (Å²) >= 11 is 0.856. The van der Waals surface area contributed by atoms with Gasteiger partial charge in [0.25, 0.3) is 17.1 Å². The van der Waals surface area contributed by atoms with Crippen molar-refractivity contribution < 1.29 is 14.4 Å². The van der Waals surface area contributed by atoms with Crippen molar-refractivity contribution >= 4 is 40.7 Å². The van der Waals surface area contributed by atoms with Gasteiger partial charge in [0.2, 0.25) is 0 Å². The lowest BCUT2D eigenvalue weighted by molar-refractivity contribution is -0.115.